The fourth-order valence-corrected chi connectivity index (χ4v) is 2.92. The predicted octanol–water partition coefficient (Wildman–Crippen LogP) is 5.37. The summed E-state index contributed by atoms with van der Waals surface area (Å²) in [4.78, 5) is 24.7. The Hall–Kier alpha value is -1.58. The van der Waals surface area contributed by atoms with E-state index in [4.69, 9.17) is 9.47 Å². The standard InChI is InChI=1S/C21H36O4/c1-6-7-8-9-10-11-12-13-14-16-21(19(22)24-4,20(23)25-5)17-15-18(2)3/h6,15H,1,7-14,16-17H2,2-5H3. The monoisotopic (exact) mass is 352 g/mol. The molecule has 0 heterocycles. The summed E-state index contributed by atoms with van der Waals surface area (Å²) in [5.41, 5.74) is -0.151. The van der Waals surface area contributed by atoms with Crippen molar-refractivity contribution in [1.29, 1.82) is 0 Å². The Labute approximate surface area is 153 Å². The first kappa shape index (κ1) is 23.4. The number of unbranched alkanes of at least 4 members (excludes halogenated alkanes) is 7. The van der Waals surface area contributed by atoms with E-state index >= 15 is 0 Å². The van der Waals surface area contributed by atoms with Crippen LogP contribution < -0.4 is 0 Å². The van der Waals surface area contributed by atoms with E-state index in [2.05, 4.69) is 6.58 Å². The molecule has 0 aliphatic carbocycles. The van der Waals surface area contributed by atoms with Crippen molar-refractivity contribution < 1.29 is 19.1 Å². The van der Waals surface area contributed by atoms with Crippen molar-refractivity contribution in [1.82, 2.24) is 0 Å². The molecule has 0 saturated heterocycles. The Kier molecular flexibility index (Phi) is 12.8. The molecule has 0 saturated carbocycles. The van der Waals surface area contributed by atoms with E-state index in [1.807, 2.05) is 26.0 Å². The van der Waals surface area contributed by atoms with Crippen LogP contribution >= 0.6 is 0 Å². The summed E-state index contributed by atoms with van der Waals surface area (Å²) < 4.78 is 9.85. The van der Waals surface area contributed by atoms with Gasteiger partial charge in [0, 0.05) is 0 Å². The van der Waals surface area contributed by atoms with Crippen molar-refractivity contribution in [3.63, 3.8) is 0 Å². The number of allylic oxidation sites excluding steroid dienone is 3. The molecule has 25 heavy (non-hydrogen) atoms. The number of ether oxygens (including phenoxy) is 2. The maximum absolute atomic E-state index is 12.4. The topological polar surface area (TPSA) is 52.6 Å². The minimum atomic E-state index is -1.22. The molecule has 0 unspecified atom stereocenters. The molecule has 0 rings (SSSR count). The zero-order valence-electron chi connectivity index (χ0n) is 16.6. The van der Waals surface area contributed by atoms with E-state index in [-0.39, 0.29) is 0 Å². The lowest BCUT2D eigenvalue weighted by atomic mass is 9.78. The van der Waals surface area contributed by atoms with E-state index in [0.29, 0.717) is 12.8 Å². The molecule has 4 nitrogen and oxygen atoms in total. The number of rotatable bonds is 14. The number of hydrogen-bond acceptors (Lipinski definition) is 4. The van der Waals surface area contributed by atoms with E-state index in [9.17, 15) is 9.59 Å². The van der Waals surface area contributed by atoms with Crippen molar-refractivity contribution in [3.8, 4) is 0 Å². The Morgan fingerprint density at radius 1 is 0.880 bits per heavy atom. The van der Waals surface area contributed by atoms with Gasteiger partial charge in [-0.15, -0.1) is 6.58 Å². The molecule has 144 valence electrons. The van der Waals surface area contributed by atoms with Gasteiger partial charge < -0.3 is 9.47 Å². The molecule has 0 amide bonds. The number of esters is 2. The molecule has 0 radical (unpaired) electrons. The summed E-state index contributed by atoms with van der Waals surface area (Å²) in [6, 6.07) is 0. The minimum Gasteiger partial charge on any atom is -0.468 e. The van der Waals surface area contributed by atoms with Crippen LogP contribution in [0.15, 0.2) is 24.3 Å². The number of carbonyl (C=O) groups excluding carboxylic acids is 2. The second kappa shape index (κ2) is 13.7. The third-order valence-electron chi connectivity index (χ3n) is 4.52. The second-order valence-corrected chi connectivity index (χ2v) is 6.85. The number of hydrogen-bond donors (Lipinski definition) is 0. The number of methoxy groups -OCH3 is 2. The average Bonchev–Trinajstić information content (AvgIpc) is 2.61. The van der Waals surface area contributed by atoms with Crippen molar-refractivity contribution in [3.05, 3.63) is 24.3 Å². The van der Waals surface area contributed by atoms with E-state index in [0.717, 1.165) is 31.3 Å². The van der Waals surface area contributed by atoms with Crippen LogP contribution in [0.2, 0.25) is 0 Å². The van der Waals surface area contributed by atoms with Gasteiger partial charge in [-0.1, -0.05) is 56.3 Å². The van der Waals surface area contributed by atoms with Gasteiger partial charge in [0.25, 0.3) is 0 Å². The zero-order chi connectivity index (χ0) is 19.1. The smallest absolute Gasteiger partial charge is 0.323 e. The summed E-state index contributed by atoms with van der Waals surface area (Å²) in [6.07, 6.45) is 13.6. The molecule has 0 aliphatic heterocycles. The molecular formula is C21H36O4. The van der Waals surface area contributed by atoms with Crippen LogP contribution in [0.3, 0.4) is 0 Å². The summed E-state index contributed by atoms with van der Waals surface area (Å²) in [7, 11) is 2.65. The third-order valence-corrected chi connectivity index (χ3v) is 4.52. The molecule has 0 fully saturated rings. The van der Waals surface area contributed by atoms with Crippen molar-refractivity contribution in [2.24, 2.45) is 5.41 Å². The van der Waals surface area contributed by atoms with Crippen LogP contribution in [-0.4, -0.2) is 26.2 Å². The van der Waals surface area contributed by atoms with E-state index in [1.165, 1.54) is 39.9 Å². The molecule has 0 spiro atoms. The van der Waals surface area contributed by atoms with Gasteiger partial charge in [-0.3, -0.25) is 9.59 Å². The Morgan fingerprint density at radius 3 is 1.80 bits per heavy atom. The highest BCUT2D eigenvalue weighted by atomic mass is 16.5. The second-order valence-electron chi connectivity index (χ2n) is 6.85. The van der Waals surface area contributed by atoms with Crippen LogP contribution in [0, 0.1) is 5.41 Å². The van der Waals surface area contributed by atoms with Gasteiger partial charge in [-0.25, -0.2) is 0 Å². The molecule has 0 aromatic heterocycles. The lowest BCUT2D eigenvalue weighted by Gasteiger charge is -2.27. The summed E-state index contributed by atoms with van der Waals surface area (Å²) in [5.74, 6) is -0.998. The lowest BCUT2D eigenvalue weighted by Crippen LogP contribution is -2.41. The molecule has 0 aromatic carbocycles. The van der Waals surface area contributed by atoms with Gasteiger partial charge in [0.15, 0.2) is 5.41 Å². The molecular weight excluding hydrogens is 316 g/mol. The third kappa shape index (κ3) is 8.89. The van der Waals surface area contributed by atoms with Crippen molar-refractivity contribution >= 4 is 11.9 Å². The summed E-state index contributed by atoms with van der Waals surface area (Å²) in [5, 5.41) is 0. The van der Waals surface area contributed by atoms with E-state index < -0.39 is 17.4 Å². The Bertz CT molecular complexity index is 417. The van der Waals surface area contributed by atoms with Crippen molar-refractivity contribution in [2.75, 3.05) is 14.2 Å². The molecule has 4 heteroatoms. The first-order valence-corrected chi connectivity index (χ1v) is 9.35. The fourth-order valence-electron chi connectivity index (χ4n) is 2.92. The first-order chi connectivity index (χ1) is 11.9. The highest BCUT2D eigenvalue weighted by Gasteiger charge is 2.46. The Balaban J connectivity index is 4.57. The maximum Gasteiger partial charge on any atom is 0.323 e. The van der Waals surface area contributed by atoms with Gasteiger partial charge in [-0.2, -0.15) is 0 Å². The highest BCUT2D eigenvalue weighted by molar-refractivity contribution is 6.00. The van der Waals surface area contributed by atoms with Crippen LogP contribution in [0.4, 0.5) is 0 Å². The minimum absolute atomic E-state index is 0.330. The first-order valence-electron chi connectivity index (χ1n) is 9.35. The van der Waals surface area contributed by atoms with Crippen LogP contribution in [-0.2, 0) is 19.1 Å². The fraction of sp³-hybridized carbons (Fsp3) is 0.714. The molecule has 0 bridgehead atoms. The van der Waals surface area contributed by atoms with Gasteiger partial charge in [0.2, 0.25) is 0 Å². The molecule has 0 atom stereocenters. The van der Waals surface area contributed by atoms with Crippen LogP contribution in [0.1, 0.15) is 78.1 Å². The predicted molar refractivity (Wildman–Crippen MR) is 102 cm³/mol. The Morgan fingerprint density at radius 2 is 1.36 bits per heavy atom. The van der Waals surface area contributed by atoms with Crippen LogP contribution in [0.5, 0.6) is 0 Å². The molecule has 0 aliphatic rings. The van der Waals surface area contributed by atoms with Gasteiger partial charge >= 0.3 is 11.9 Å². The zero-order valence-corrected chi connectivity index (χ0v) is 16.6. The lowest BCUT2D eigenvalue weighted by molar-refractivity contribution is -0.169. The summed E-state index contributed by atoms with van der Waals surface area (Å²) >= 11 is 0. The molecule has 0 aromatic rings. The van der Waals surface area contributed by atoms with Gasteiger partial charge in [0.05, 0.1) is 14.2 Å². The summed E-state index contributed by atoms with van der Waals surface area (Å²) in [6.45, 7) is 7.63. The SMILES string of the molecule is C=CCCCCCCCCCC(CC=C(C)C)(C(=O)OC)C(=O)OC. The quantitative estimate of drug-likeness (QED) is 0.182. The normalized spacial score (nSPS) is 10.9. The van der Waals surface area contributed by atoms with Gasteiger partial charge in [-0.05, 0) is 39.5 Å². The average molecular weight is 353 g/mol. The van der Waals surface area contributed by atoms with Crippen LogP contribution in [0.25, 0.3) is 0 Å². The maximum atomic E-state index is 12.4. The number of carbonyl (C=O) groups is 2. The van der Waals surface area contributed by atoms with Gasteiger partial charge in [0.1, 0.15) is 0 Å². The molecule has 0 N–H and O–H groups in total. The van der Waals surface area contributed by atoms with E-state index in [1.54, 1.807) is 0 Å². The van der Waals surface area contributed by atoms with Crippen molar-refractivity contribution in [2.45, 2.75) is 78.1 Å². The highest BCUT2D eigenvalue weighted by Crippen LogP contribution is 2.34. The largest absolute Gasteiger partial charge is 0.468 e.